The number of amides is 1. The van der Waals surface area contributed by atoms with Crippen molar-refractivity contribution in [3.05, 3.63) is 58.0 Å². The Morgan fingerprint density at radius 1 is 1.33 bits per heavy atom. The normalized spacial score (nSPS) is 11.6. The molecule has 126 valence electrons. The summed E-state index contributed by atoms with van der Waals surface area (Å²) in [5.74, 6) is -1.24. The van der Waals surface area contributed by atoms with Crippen molar-refractivity contribution in [2.75, 3.05) is 7.11 Å². The highest BCUT2D eigenvalue weighted by atomic mass is 16.5. The third kappa shape index (κ3) is 4.19. The van der Waals surface area contributed by atoms with Crippen molar-refractivity contribution >= 4 is 11.9 Å². The summed E-state index contributed by atoms with van der Waals surface area (Å²) in [4.78, 5) is 34.9. The fourth-order valence-corrected chi connectivity index (χ4v) is 2.09. The Bertz CT molecular complexity index is 815. The lowest BCUT2D eigenvalue weighted by Gasteiger charge is -2.15. The van der Waals surface area contributed by atoms with E-state index in [4.69, 9.17) is 4.74 Å². The van der Waals surface area contributed by atoms with Gasteiger partial charge < -0.3 is 15.2 Å². The number of nitrogens with zero attached hydrogens (tertiary/aromatic N) is 2. The van der Waals surface area contributed by atoms with E-state index < -0.39 is 17.9 Å². The molecule has 1 amide bonds. The molecule has 1 unspecified atom stereocenters. The molecular formula is C16H17N3O5. The second-order valence-corrected chi connectivity index (χ2v) is 5.10. The van der Waals surface area contributed by atoms with E-state index in [1.807, 2.05) is 0 Å². The minimum Gasteiger partial charge on any atom is -0.497 e. The first-order valence-corrected chi connectivity index (χ1v) is 7.11. The van der Waals surface area contributed by atoms with Crippen molar-refractivity contribution in [1.82, 2.24) is 15.1 Å². The van der Waals surface area contributed by atoms with Crippen LogP contribution in [-0.2, 0) is 18.3 Å². The number of hydrogen-bond acceptors (Lipinski definition) is 5. The predicted molar refractivity (Wildman–Crippen MR) is 85.1 cm³/mol. The van der Waals surface area contributed by atoms with Crippen LogP contribution in [0.3, 0.4) is 0 Å². The van der Waals surface area contributed by atoms with Gasteiger partial charge in [0.2, 0.25) is 0 Å². The maximum atomic E-state index is 12.2. The van der Waals surface area contributed by atoms with E-state index in [0.29, 0.717) is 11.3 Å². The zero-order chi connectivity index (χ0) is 17.7. The molecule has 0 aliphatic carbocycles. The molecule has 1 heterocycles. The fourth-order valence-electron chi connectivity index (χ4n) is 2.09. The fraction of sp³-hybridized carbons (Fsp3) is 0.250. The Hall–Kier alpha value is -3.16. The number of rotatable bonds is 6. The number of aliphatic carboxylic acids is 1. The minimum atomic E-state index is -1.17. The number of methoxy groups -OCH3 is 1. The van der Waals surface area contributed by atoms with E-state index >= 15 is 0 Å². The zero-order valence-electron chi connectivity index (χ0n) is 13.2. The largest absolute Gasteiger partial charge is 0.497 e. The lowest BCUT2D eigenvalue weighted by molar-refractivity contribution is -0.139. The monoisotopic (exact) mass is 331 g/mol. The molecule has 8 nitrogen and oxygen atoms in total. The number of benzene rings is 1. The number of carboxylic acids is 1. The number of aryl methyl sites for hydroxylation is 1. The van der Waals surface area contributed by atoms with Crippen LogP contribution < -0.4 is 15.6 Å². The second kappa shape index (κ2) is 7.40. The van der Waals surface area contributed by atoms with Gasteiger partial charge in [0.1, 0.15) is 17.5 Å². The van der Waals surface area contributed by atoms with Gasteiger partial charge >= 0.3 is 5.97 Å². The van der Waals surface area contributed by atoms with Crippen molar-refractivity contribution in [2.24, 2.45) is 7.05 Å². The molecule has 1 aromatic heterocycles. The summed E-state index contributed by atoms with van der Waals surface area (Å²) in [6.07, 6.45) is 0.0873. The van der Waals surface area contributed by atoms with Gasteiger partial charge in [0.25, 0.3) is 11.5 Å². The van der Waals surface area contributed by atoms with Gasteiger partial charge in [-0.15, -0.1) is 0 Å². The van der Waals surface area contributed by atoms with Gasteiger partial charge in [-0.05, 0) is 23.8 Å². The van der Waals surface area contributed by atoms with Crippen LogP contribution in [-0.4, -0.2) is 39.9 Å². The number of ether oxygens (including phenoxy) is 1. The Morgan fingerprint density at radius 2 is 2.08 bits per heavy atom. The highest BCUT2D eigenvalue weighted by molar-refractivity contribution is 5.94. The molecule has 8 heteroatoms. The zero-order valence-corrected chi connectivity index (χ0v) is 13.2. The predicted octanol–water partition coefficient (Wildman–Crippen LogP) is 0.215. The van der Waals surface area contributed by atoms with Crippen LogP contribution in [0.2, 0.25) is 0 Å². The quantitative estimate of drug-likeness (QED) is 0.783. The summed E-state index contributed by atoms with van der Waals surface area (Å²) in [5.41, 5.74) is 0.308. The number of aromatic nitrogens is 2. The summed E-state index contributed by atoms with van der Waals surface area (Å²) in [6.45, 7) is 0. The summed E-state index contributed by atoms with van der Waals surface area (Å²) in [7, 11) is 2.92. The number of carbonyl (C=O) groups excluding carboxylic acids is 1. The minimum absolute atomic E-state index is 0.0333. The van der Waals surface area contributed by atoms with E-state index in [1.165, 1.54) is 26.3 Å². The molecule has 2 aromatic rings. The number of hydrogen-bond donors (Lipinski definition) is 2. The van der Waals surface area contributed by atoms with Gasteiger partial charge in [-0.2, -0.15) is 5.10 Å². The summed E-state index contributed by atoms with van der Waals surface area (Å²) in [6, 6.07) is 8.24. The van der Waals surface area contributed by atoms with E-state index in [9.17, 15) is 19.5 Å². The van der Waals surface area contributed by atoms with Crippen molar-refractivity contribution in [3.63, 3.8) is 0 Å². The molecule has 0 saturated heterocycles. The molecule has 2 rings (SSSR count). The first kappa shape index (κ1) is 17.2. The Morgan fingerprint density at radius 3 is 2.71 bits per heavy atom. The van der Waals surface area contributed by atoms with Crippen molar-refractivity contribution in [1.29, 1.82) is 0 Å². The summed E-state index contributed by atoms with van der Waals surface area (Å²) in [5, 5.41) is 15.5. The van der Waals surface area contributed by atoms with E-state index in [0.717, 1.165) is 4.68 Å². The SMILES string of the molecule is COc1cccc(CC(NC(=O)c2ccc(=O)n(C)n2)C(=O)O)c1. The van der Waals surface area contributed by atoms with Crippen LogP contribution in [0.4, 0.5) is 0 Å². The summed E-state index contributed by atoms with van der Waals surface area (Å²) < 4.78 is 6.10. The Balaban J connectivity index is 2.15. The van der Waals surface area contributed by atoms with Crippen molar-refractivity contribution in [2.45, 2.75) is 12.5 Å². The van der Waals surface area contributed by atoms with Crippen LogP contribution >= 0.6 is 0 Å². The molecule has 0 aliphatic rings. The first-order valence-electron chi connectivity index (χ1n) is 7.11. The van der Waals surface area contributed by atoms with Crippen LogP contribution in [0.15, 0.2) is 41.2 Å². The molecular weight excluding hydrogens is 314 g/mol. The van der Waals surface area contributed by atoms with E-state index in [2.05, 4.69) is 10.4 Å². The third-order valence-electron chi connectivity index (χ3n) is 3.37. The molecule has 0 aliphatic heterocycles. The molecule has 0 fully saturated rings. The molecule has 1 aromatic carbocycles. The summed E-state index contributed by atoms with van der Waals surface area (Å²) >= 11 is 0. The molecule has 0 spiro atoms. The van der Waals surface area contributed by atoms with Gasteiger partial charge in [0.05, 0.1) is 7.11 Å². The number of carboxylic acid groups (broad SMARTS) is 1. The van der Waals surface area contributed by atoms with Crippen LogP contribution in [0, 0.1) is 0 Å². The molecule has 1 atom stereocenters. The third-order valence-corrected chi connectivity index (χ3v) is 3.37. The van der Waals surface area contributed by atoms with Gasteiger partial charge in [-0.1, -0.05) is 12.1 Å². The van der Waals surface area contributed by atoms with E-state index in [1.54, 1.807) is 24.3 Å². The van der Waals surface area contributed by atoms with Crippen LogP contribution in [0.1, 0.15) is 16.1 Å². The maximum absolute atomic E-state index is 12.2. The Kier molecular flexibility index (Phi) is 5.31. The van der Waals surface area contributed by atoms with Gasteiger partial charge in [0.15, 0.2) is 0 Å². The van der Waals surface area contributed by atoms with Crippen LogP contribution in [0.5, 0.6) is 5.75 Å². The van der Waals surface area contributed by atoms with Gasteiger partial charge in [0, 0.05) is 19.5 Å². The molecule has 0 saturated carbocycles. The highest BCUT2D eigenvalue weighted by Crippen LogP contribution is 2.14. The average Bonchev–Trinajstić information content (AvgIpc) is 2.56. The van der Waals surface area contributed by atoms with Crippen molar-refractivity contribution < 1.29 is 19.4 Å². The average molecular weight is 331 g/mol. The standard InChI is InChI=1S/C16H17N3O5/c1-19-14(20)7-6-12(18-19)15(21)17-13(16(22)23)9-10-4-3-5-11(8-10)24-2/h3-8,13H,9H2,1-2H3,(H,17,21)(H,22,23). The highest BCUT2D eigenvalue weighted by Gasteiger charge is 2.22. The Labute approximate surface area is 137 Å². The molecule has 0 bridgehead atoms. The van der Waals surface area contributed by atoms with Crippen molar-refractivity contribution in [3.8, 4) is 5.75 Å². The maximum Gasteiger partial charge on any atom is 0.326 e. The molecule has 2 N–H and O–H groups in total. The molecule has 0 radical (unpaired) electrons. The first-order chi connectivity index (χ1) is 11.4. The number of carbonyl (C=O) groups is 2. The molecule has 24 heavy (non-hydrogen) atoms. The van der Waals surface area contributed by atoms with Gasteiger partial charge in [-0.25, -0.2) is 9.48 Å². The second-order valence-electron chi connectivity index (χ2n) is 5.10. The lowest BCUT2D eigenvalue weighted by atomic mass is 10.1. The smallest absolute Gasteiger partial charge is 0.326 e. The van der Waals surface area contributed by atoms with E-state index in [-0.39, 0.29) is 17.7 Å². The lowest BCUT2D eigenvalue weighted by Crippen LogP contribution is -2.43. The topological polar surface area (TPSA) is 111 Å². The van der Waals surface area contributed by atoms with Crippen LogP contribution in [0.25, 0.3) is 0 Å². The number of nitrogens with one attached hydrogen (secondary N) is 1. The van der Waals surface area contributed by atoms with Gasteiger partial charge in [-0.3, -0.25) is 9.59 Å².